The molecule has 3 N–H and O–H groups in total. The van der Waals surface area contributed by atoms with E-state index >= 15 is 0 Å². The smallest absolute Gasteiger partial charge is 0.256 e. The average molecular weight is 395 g/mol. The van der Waals surface area contributed by atoms with Crippen molar-refractivity contribution in [3.8, 4) is 0 Å². The van der Waals surface area contributed by atoms with Gasteiger partial charge in [-0.25, -0.2) is 4.68 Å². The van der Waals surface area contributed by atoms with Crippen LogP contribution in [0.2, 0.25) is 0 Å². The minimum Gasteiger partial charge on any atom is -0.347 e. The molecular weight excluding hydrogens is 364 g/mol. The zero-order valence-corrected chi connectivity index (χ0v) is 17.1. The van der Waals surface area contributed by atoms with Crippen LogP contribution in [0.5, 0.6) is 0 Å². The molecule has 154 valence electrons. The number of nitrogens with zero attached hydrogens (tertiary/aromatic N) is 4. The second-order valence-corrected chi connectivity index (χ2v) is 7.71. The Bertz CT molecular complexity index is 967. The van der Waals surface area contributed by atoms with E-state index in [1.807, 2.05) is 35.0 Å². The molecular formula is C22H30N6O. The summed E-state index contributed by atoms with van der Waals surface area (Å²) < 4.78 is 4.16. The molecule has 7 nitrogen and oxygen atoms in total. The third kappa shape index (κ3) is 4.21. The topological polar surface area (TPSA) is 81.1 Å². The summed E-state index contributed by atoms with van der Waals surface area (Å²) in [7, 11) is 0. The number of likely N-dealkylation sites (tertiary alicyclic amines) is 1. The van der Waals surface area contributed by atoms with Gasteiger partial charge in [0.05, 0.1) is 12.2 Å². The van der Waals surface area contributed by atoms with Gasteiger partial charge in [0.15, 0.2) is 0 Å². The molecule has 7 heteroatoms. The normalized spacial score (nSPS) is 15.8. The van der Waals surface area contributed by atoms with Gasteiger partial charge in [0.1, 0.15) is 5.82 Å². The first-order valence-electron chi connectivity index (χ1n) is 10.6. The van der Waals surface area contributed by atoms with Gasteiger partial charge < -0.3 is 20.5 Å². The van der Waals surface area contributed by atoms with E-state index < -0.39 is 0 Å². The van der Waals surface area contributed by atoms with Crippen molar-refractivity contribution in [3.63, 3.8) is 0 Å². The van der Waals surface area contributed by atoms with Gasteiger partial charge in [-0.2, -0.15) is 5.10 Å². The Morgan fingerprint density at radius 1 is 1.24 bits per heavy atom. The number of fused-ring (bicyclic) bond motifs is 1. The molecule has 0 spiro atoms. The average Bonchev–Trinajstić information content (AvgIpc) is 3.38. The number of nitrogens with two attached hydrogens (primary N) is 1. The third-order valence-corrected chi connectivity index (χ3v) is 5.90. The molecule has 3 aromatic rings. The molecule has 0 bridgehead atoms. The number of aryl methyl sites for hydroxylation is 1. The quantitative estimate of drug-likeness (QED) is 0.645. The van der Waals surface area contributed by atoms with Gasteiger partial charge in [-0.05, 0) is 56.6 Å². The largest absolute Gasteiger partial charge is 0.347 e. The molecule has 0 unspecified atom stereocenters. The molecule has 0 saturated carbocycles. The van der Waals surface area contributed by atoms with Gasteiger partial charge in [-0.1, -0.05) is 6.92 Å². The second kappa shape index (κ2) is 8.80. The van der Waals surface area contributed by atoms with Crippen LogP contribution >= 0.6 is 0 Å². The number of anilines is 1. The highest BCUT2D eigenvalue weighted by atomic mass is 16.1. The van der Waals surface area contributed by atoms with E-state index in [9.17, 15) is 4.79 Å². The van der Waals surface area contributed by atoms with Gasteiger partial charge in [-0.3, -0.25) is 4.79 Å². The highest BCUT2D eigenvalue weighted by Gasteiger charge is 2.22. The maximum Gasteiger partial charge on any atom is 0.256 e. The number of benzene rings is 1. The lowest BCUT2D eigenvalue weighted by atomic mass is 10.1. The number of carbonyl (C=O) groups is 1. The molecule has 1 saturated heterocycles. The summed E-state index contributed by atoms with van der Waals surface area (Å²) in [5.74, 6) is 0.667. The first kappa shape index (κ1) is 19.7. The van der Waals surface area contributed by atoms with Crippen LogP contribution in [0.1, 0.15) is 42.6 Å². The summed E-state index contributed by atoms with van der Waals surface area (Å²) in [5.41, 5.74) is 7.40. The summed E-state index contributed by atoms with van der Waals surface area (Å²) in [6.07, 6.45) is 6.87. The van der Waals surface area contributed by atoms with Crippen LogP contribution in [0.3, 0.4) is 0 Å². The number of rotatable bonds is 7. The molecule has 1 aromatic carbocycles. The fourth-order valence-electron chi connectivity index (χ4n) is 4.17. The van der Waals surface area contributed by atoms with Crippen molar-refractivity contribution in [3.05, 3.63) is 48.3 Å². The Kier molecular flexibility index (Phi) is 5.97. The monoisotopic (exact) mass is 394 g/mol. The Morgan fingerprint density at radius 3 is 2.83 bits per heavy atom. The number of hydrogen-bond donors (Lipinski definition) is 2. The predicted molar refractivity (Wildman–Crippen MR) is 116 cm³/mol. The molecule has 4 rings (SSSR count). The number of piperidine rings is 1. The third-order valence-electron chi connectivity index (χ3n) is 5.90. The maximum absolute atomic E-state index is 12.9. The van der Waals surface area contributed by atoms with Crippen molar-refractivity contribution < 1.29 is 4.79 Å². The summed E-state index contributed by atoms with van der Waals surface area (Å²) >= 11 is 0. The Hall–Kier alpha value is -2.64. The van der Waals surface area contributed by atoms with Gasteiger partial charge in [0.25, 0.3) is 5.91 Å². The van der Waals surface area contributed by atoms with Crippen molar-refractivity contribution in [2.45, 2.75) is 38.8 Å². The lowest BCUT2D eigenvalue weighted by Gasteiger charge is -2.31. The van der Waals surface area contributed by atoms with Gasteiger partial charge in [0, 0.05) is 48.4 Å². The number of carbonyl (C=O) groups excluding carboxylic acids is 1. The summed E-state index contributed by atoms with van der Waals surface area (Å²) in [6, 6.07) is 10.1. The minimum atomic E-state index is -0.102. The lowest BCUT2D eigenvalue weighted by molar-refractivity contribution is 0.102. The highest BCUT2D eigenvalue weighted by Crippen LogP contribution is 2.26. The number of aromatic nitrogens is 3. The molecule has 1 fully saturated rings. The molecule has 1 amide bonds. The minimum absolute atomic E-state index is 0.102. The first-order valence-corrected chi connectivity index (χ1v) is 10.6. The van der Waals surface area contributed by atoms with Crippen LogP contribution < -0.4 is 11.1 Å². The number of nitrogens with one attached hydrogen (secondary N) is 1. The van der Waals surface area contributed by atoms with E-state index in [2.05, 4.69) is 33.0 Å². The second-order valence-electron chi connectivity index (χ2n) is 7.71. The van der Waals surface area contributed by atoms with Crippen molar-refractivity contribution in [2.75, 3.05) is 31.5 Å². The number of amides is 1. The molecule has 1 aliphatic rings. The van der Waals surface area contributed by atoms with Crippen LogP contribution in [0, 0.1) is 0 Å². The molecule has 1 aliphatic heterocycles. The molecule has 2 aromatic heterocycles. The SMILES string of the molecule is CCN1CCC(n2nccc2NC(=O)c2ccc3c(ccn3CCCN)c2)CC1. The van der Waals surface area contributed by atoms with E-state index in [1.54, 1.807) is 6.20 Å². The van der Waals surface area contributed by atoms with Crippen LogP contribution in [0.25, 0.3) is 10.9 Å². The molecule has 0 atom stereocenters. The Balaban J connectivity index is 1.47. The van der Waals surface area contributed by atoms with Crippen LogP contribution in [-0.2, 0) is 6.54 Å². The van der Waals surface area contributed by atoms with Crippen LogP contribution in [-0.4, -0.2) is 51.3 Å². The van der Waals surface area contributed by atoms with E-state index in [0.29, 0.717) is 18.2 Å². The van der Waals surface area contributed by atoms with Crippen LogP contribution in [0.15, 0.2) is 42.7 Å². The summed E-state index contributed by atoms with van der Waals surface area (Å²) in [5, 5.41) is 8.61. The van der Waals surface area contributed by atoms with Crippen molar-refractivity contribution >= 4 is 22.6 Å². The van der Waals surface area contributed by atoms with Crippen molar-refractivity contribution in [2.24, 2.45) is 5.73 Å². The highest BCUT2D eigenvalue weighted by molar-refractivity contribution is 6.05. The lowest BCUT2D eigenvalue weighted by Crippen LogP contribution is -2.35. The van der Waals surface area contributed by atoms with Crippen molar-refractivity contribution in [1.29, 1.82) is 0 Å². The van der Waals surface area contributed by atoms with Gasteiger partial charge in [-0.15, -0.1) is 0 Å². The van der Waals surface area contributed by atoms with E-state index in [-0.39, 0.29) is 5.91 Å². The fourth-order valence-corrected chi connectivity index (χ4v) is 4.17. The molecule has 29 heavy (non-hydrogen) atoms. The standard InChI is InChI=1S/C22H30N6O/c1-2-26-13-8-19(9-14-26)28-21(6-11-24-28)25-22(29)18-4-5-20-17(16-18)7-15-27(20)12-3-10-23/h4-7,11,15-16,19H,2-3,8-10,12-14,23H2,1H3,(H,25,29). The van der Waals surface area contributed by atoms with E-state index in [1.165, 1.54) is 0 Å². The Labute approximate surface area is 171 Å². The molecule has 0 aliphatic carbocycles. The molecule has 3 heterocycles. The van der Waals surface area contributed by atoms with E-state index in [0.717, 1.165) is 62.2 Å². The van der Waals surface area contributed by atoms with Crippen molar-refractivity contribution in [1.82, 2.24) is 19.2 Å². The molecule has 0 radical (unpaired) electrons. The van der Waals surface area contributed by atoms with Crippen LogP contribution in [0.4, 0.5) is 5.82 Å². The van der Waals surface area contributed by atoms with E-state index in [4.69, 9.17) is 5.73 Å². The predicted octanol–water partition coefficient (Wildman–Crippen LogP) is 3.10. The zero-order valence-electron chi connectivity index (χ0n) is 17.1. The summed E-state index contributed by atoms with van der Waals surface area (Å²) in [6.45, 7) is 7.00. The van der Waals surface area contributed by atoms with Gasteiger partial charge >= 0.3 is 0 Å². The first-order chi connectivity index (χ1) is 14.2. The fraction of sp³-hybridized carbons (Fsp3) is 0.455. The Morgan fingerprint density at radius 2 is 2.07 bits per heavy atom. The van der Waals surface area contributed by atoms with Gasteiger partial charge in [0.2, 0.25) is 0 Å². The maximum atomic E-state index is 12.9. The number of hydrogen-bond acceptors (Lipinski definition) is 4. The summed E-state index contributed by atoms with van der Waals surface area (Å²) in [4.78, 5) is 15.3. The zero-order chi connectivity index (χ0) is 20.2.